The van der Waals surface area contributed by atoms with Crippen LogP contribution >= 0.6 is 0 Å². The van der Waals surface area contributed by atoms with Crippen molar-refractivity contribution in [1.29, 1.82) is 0 Å². The number of β-lactam (4-membered cyclic amide) rings is 1. The third-order valence-corrected chi connectivity index (χ3v) is 10.3. The van der Waals surface area contributed by atoms with Crippen molar-refractivity contribution in [1.82, 2.24) is 25.3 Å². The molecule has 42 heavy (non-hydrogen) atoms. The van der Waals surface area contributed by atoms with Gasteiger partial charge in [-0.25, -0.2) is 9.18 Å². The SMILES string of the molecule is CC1CN(C(=O)N[C@H](Cc2ccc(F)cc2)C(=O)N2CCC(CN3CC(C)(C)C3=O)(C3CCCCC3)CC2)CC(C)N1. The number of benzene rings is 1. The molecule has 4 fully saturated rings. The second kappa shape index (κ2) is 12.5. The van der Waals surface area contributed by atoms with Crippen molar-refractivity contribution in [2.45, 2.75) is 97.2 Å². The summed E-state index contributed by atoms with van der Waals surface area (Å²) in [4.78, 5) is 46.1. The molecule has 3 aliphatic heterocycles. The largest absolute Gasteiger partial charge is 0.341 e. The zero-order chi connectivity index (χ0) is 30.1. The number of rotatable bonds is 7. The summed E-state index contributed by atoms with van der Waals surface area (Å²) in [5.74, 6) is 0.414. The number of amides is 4. The Morgan fingerprint density at radius 3 is 2.19 bits per heavy atom. The Morgan fingerprint density at radius 2 is 1.62 bits per heavy atom. The van der Waals surface area contributed by atoms with Crippen molar-refractivity contribution >= 4 is 17.8 Å². The molecule has 0 aromatic heterocycles. The molecule has 1 aromatic carbocycles. The lowest BCUT2D eigenvalue weighted by atomic mass is 9.62. The maximum absolute atomic E-state index is 14.1. The zero-order valence-corrected chi connectivity index (χ0v) is 26.0. The van der Waals surface area contributed by atoms with Gasteiger partial charge in [0.25, 0.3) is 0 Å². The van der Waals surface area contributed by atoms with E-state index in [4.69, 9.17) is 0 Å². The van der Waals surface area contributed by atoms with Gasteiger partial charge in [-0.2, -0.15) is 0 Å². The average molecular weight is 584 g/mol. The van der Waals surface area contributed by atoms with Gasteiger partial charge < -0.3 is 25.3 Å². The Morgan fingerprint density at radius 1 is 1.00 bits per heavy atom. The van der Waals surface area contributed by atoms with Gasteiger partial charge in [-0.3, -0.25) is 9.59 Å². The molecule has 232 valence electrons. The Labute approximate surface area is 250 Å². The van der Waals surface area contributed by atoms with Gasteiger partial charge in [-0.1, -0.05) is 31.4 Å². The first kappa shape index (κ1) is 30.8. The van der Waals surface area contributed by atoms with Crippen LogP contribution in [-0.4, -0.2) is 89.9 Å². The van der Waals surface area contributed by atoms with Gasteiger partial charge in [0.15, 0.2) is 0 Å². The van der Waals surface area contributed by atoms with E-state index in [1.165, 1.54) is 44.2 Å². The summed E-state index contributed by atoms with van der Waals surface area (Å²) in [5.41, 5.74) is 0.576. The minimum atomic E-state index is -0.733. The average Bonchev–Trinajstić information content (AvgIpc) is 2.97. The summed E-state index contributed by atoms with van der Waals surface area (Å²) in [7, 11) is 0. The van der Waals surface area contributed by atoms with Crippen LogP contribution in [0.5, 0.6) is 0 Å². The van der Waals surface area contributed by atoms with E-state index < -0.39 is 6.04 Å². The van der Waals surface area contributed by atoms with Gasteiger partial charge in [0, 0.05) is 57.8 Å². The Hall–Kier alpha value is -2.68. The molecular formula is C33H50FN5O3. The normalized spacial score (nSPS) is 26.9. The number of nitrogens with one attached hydrogen (secondary N) is 2. The fourth-order valence-corrected chi connectivity index (χ4v) is 8.05. The molecule has 4 aliphatic rings. The standard InChI is InChI=1S/C33H50FN5O3/c1-23-19-38(20-24(2)35-23)31(42)36-28(18-25-10-12-27(34)13-11-25)29(40)37-16-14-33(15-17-37,26-8-6-5-7-9-26)22-39-21-32(3,4)30(39)41/h10-13,23-24,26,28,35H,5-9,14-22H2,1-4H3,(H,36,42)/t23?,24?,28-/m1/s1. The number of carbonyl (C=O) groups excluding carboxylic acids is 3. The second-order valence-electron chi connectivity index (χ2n) is 14.3. The number of likely N-dealkylation sites (tertiary alicyclic amines) is 2. The third kappa shape index (κ3) is 6.76. The van der Waals surface area contributed by atoms with Crippen LogP contribution in [0.25, 0.3) is 0 Å². The van der Waals surface area contributed by atoms with Crippen LogP contribution in [0.2, 0.25) is 0 Å². The van der Waals surface area contributed by atoms with Crippen molar-refractivity contribution in [2.75, 3.05) is 39.3 Å². The van der Waals surface area contributed by atoms with Crippen molar-refractivity contribution in [2.24, 2.45) is 16.7 Å². The van der Waals surface area contributed by atoms with Crippen LogP contribution in [0.15, 0.2) is 24.3 Å². The predicted octanol–water partition coefficient (Wildman–Crippen LogP) is 4.19. The number of hydrogen-bond acceptors (Lipinski definition) is 4. The van der Waals surface area contributed by atoms with E-state index in [0.717, 1.165) is 31.5 Å². The molecular weight excluding hydrogens is 533 g/mol. The van der Waals surface area contributed by atoms with Crippen LogP contribution in [0.3, 0.4) is 0 Å². The molecule has 9 heteroatoms. The summed E-state index contributed by atoms with van der Waals surface area (Å²) < 4.78 is 13.6. The van der Waals surface area contributed by atoms with Crippen LogP contribution in [0, 0.1) is 22.6 Å². The first-order valence-corrected chi connectivity index (χ1v) is 16.1. The van der Waals surface area contributed by atoms with E-state index in [1.54, 1.807) is 17.0 Å². The lowest BCUT2D eigenvalue weighted by molar-refractivity contribution is -0.163. The van der Waals surface area contributed by atoms with Gasteiger partial charge >= 0.3 is 6.03 Å². The highest BCUT2D eigenvalue weighted by atomic mass is 19.1. The molecule has 1 saturated carbocycles. The Bertz CT molecular complexity index is 1120. The molecule has 0 radical (unpaired) electrons. The van der Waals surface area contributed by atoms with E-state index >= 15 is 0 Å². The fourth-order valence-electron chi connectivity index (χ4n) is 8.05. The number of hydrogen-bond donors (Lipinski definition) is 2. The van der Waals surface area contributed by atoms with Crippen molar-refractivity contribution in [3.8, 4) is 0 Å². The second-order valence-corrected chi connectivity index (χ2v) is 14.3. The number of piperazine rings is 1. The van der Waals surface area contributed by atoms with Gasteiger partial charge in [0.2, 0.25) is 11.8 Å². The third-order valence-electron chi connectivity index (χ3n) is 10.3. The van der Waals surface area contributed by atoms with Crippen molar-refractivity contribution in [3.63, 3.8) is 0 Å². The molecule has 3 heterocycles. The first-order chi connectivity index (χ1) is 20.0. The number of nitrogens with zero attached hydrogens (tertiary/aromatic N) is 3. The van der Waals surface area contributed by atoms with Crippen LogP contribution in [0.1, 0.15) is 78.2 Å². The maximum Gasteiger partial charge on any atom is 0.318 e. The highest BCUT2D eigenvalue weighted by Gasteiger charge is 2.50. The van der Waals surface area contributed by atoms with Crippen LogP contribution < -0.4 is 10.6 Å². The molecule has 0 bridgehead atoms. The summed E-state index contributed by atoms with van der Waals surface area (Å²) in [5, 5.41) is 6.50. The highest BCUT2D eigenvalue weighted by Crippen LogP contribution is 2.48. The van der Waals surface area contributed by atoms with Crippen molar-refractivity contribution in [3.05, 3.63) is 35.6 Å². The summed E-state index contributed by atoms with van der Waals surface area (Å²) in [6, 6.07) is 5.55. The molecule has 2 unspecified atom stereocenters. The fraction of sp³-hybridized carbons (Fsp3) is 0.727. The Balaban J connectivity index is 1.29. The summed E-state index contributed by atoms with van der Waals surface area (Å²) >= 11 is 0. The van der Waals surface area contributed by atoms with E-state index in [9.17, 15) is 18.8 Å². The molecule has 3 atom stereocenters. The molecule has 2 N–H and O–H groups in total. The molecule has 1 aliphatic carbocycles. The Kier molecular flexibility index (Phi) is 9.16. The van der Waals surface area contributed by atoms with Crippen molar-refractivity contribution < 1.29 is 18.8 Å². The minimum Gasteiger partial charge on any atom is -0.341 e. The summed E-state index contributed by atoms with van der Waals surface area (Å²) in [6.07, 6.45) is 8.21. The highest BCUT2D eigenvalue weighted by molar-refractivity contribution is 5.88. The lowest BCUT2D eigenvalue weighted by Gasteiger charge is -2.54. The first-order valence-electron chi connectivity index (χ1n) is 16.1. The molecule has 5 rings (SSSR count). The quantitative estimate of drug-likeness (QED) is 0.472. The summed E-state index contributed by atoms with van der Waals surface area (Å²) in [6.45, 7) is 12.2. The predicted molar refractivity (Wildman–Crippen MR) is 161 cm³/mol. The number of halogens is 1. The number of urea groups is 1. The van der Waals surface area contributed by atoms with Crippen LogP contribution in [-0.2, 0) is 16.0 Å². The number of carbonyl (C=O) groups is 3. The molecule has 4 amide bonds. The number of piperidine rings is 1. The van der Waals surface area contributed by atoms with Crippen LogP contribution in [0.4, 0.5) is 9.18 Å². The lowest BCUT2D eigenvalue weighted by Crippen LogP contribution is -2.63. The van der Waals surface area contributed by atoms with Gasteiger partial charge in [-0.05, 0) is 82.4 Å². The zero-order valence-electron chi connectivity index (χ0n) is 26.0. The smallest absolute Gasteiger partial charge is 0.318 e. The van der Waals surface area contributed by atoms with E-state index in [-0.39, 0.29) is 46.6 Å². The molecule has 8 nitrogen and oxygen atoms in total. The molecule has 0 spiro atoms. The molecule has 1 aromatic rings. The molecule has 3 saturated heterocycles. The monoisotopic (exact) mass is 583 g/mol. The van der Waals surface area contributed by atoms with E-state index in [0.29, 0.717) is 38.5 Å². The van der Waals surface area contributed by atoms with E-state index in [2.05, 4.69) is 29.4 Å². The van der Waals surface area contributed by atoms with Gasteiger partial charge in [0.1, 0.15) is 11.9 Å². The van der Waals surface area contributed by atoms with Gasteiger partial charge in [0.05, 0.1) is 5.41 Å². The topological polar surface area (TPSA) is 85.0 Å². The van der Waals surface area contributed by atoms with E-state index in [1.807, 2.05) is 18.7 Å². The minimum absolute atomic E-state index is 0.0339. The van der Waals surface area contributed by atoms with Gasteiger partial charge in [-0.15, -0.1) is 0 Å². The maximum atomic E-state index is 14.1.